The molecule has 20 heavy (non-hydrogen) atoms. The second-order valence-corrected chi connectivity index (χ2v) is 5.65. The van der Waals surface area contributed by atoms with Crippen LogP contribution >= 0.6 is 11.6 Å². The molecule has 1 N–H and O–H groups in total. The van der Waals surface area contributed by atoms with Crippen LogP contribution in [0, 0.1) is 22.0 Å². The molecule has 1 aliphatic carbocycles. The van der Waals surface area contributed by atoms with Crippen LogP contribution in [0.1, 0.15) is 36.5 Å². The Kier molecular flexibility index (Phi) is 4.60. The molecule has 1 amide bonds. The van der Waals surface area contributed by atoms with Crippen LogP contribution in [-0.4, -0.2) is 17.4 Å². The fraction of sp³-hybridized carbons (Fsp3) is 0.500. The summed E-state index contributed by atoms with van der Waals surface area (Å²) in [6, 6.07) is 4.26. The van der Waals surface area contributed by atoms with Gasteiger partial charge in [-0.3, -0.25) is 14.9 Å². The van der Waals surface area contributed by atoms with E-state index in [1.165, 1.54) is 31.0 Å². The highest BCUT2D eigenvalue weighted by atomic mass is 35.5. The molecule has 6 heteroatoms. The predicted octanol–water partition coefficient (Wildman–Crippen LogP) is 3.41. The summed E-state index contributed by atoms with van der Waals surface area (Å²) in [4.78, 5) is 22.3. The lowest BCUT2D eigenvalue weighted by molar-refractivity contribution is -0.384. The second kappa shape index (κ2) is 6.22. The number of nitrogens with one attached hydrogen (secondary N) is 1. The quantitative estimate of drug-likeness (QED) is 0.683. The summed E-state index contributed by atoms with van der Waals surface area (Å²) in [5.74, 6) is 0.741. The SMILES string of the molecule is CC1CCCC1CNC(=O)c1cccc([N+](=O)[O-])c1Cl. The van der Waals surface area contributed by atoms with E-state index in [9.17, 15) is 14.9 Å². The van der Waals surface area contributed by atoms with Crippen LogP contribution in [0.15, 0.2) is 18.2 Å². The third-order valence-corrected chi connectivity index (χ3v) is 4.38. The number of rotatable bonds is 4. The smallest absolute Gasteiger partial charge is 0.288 e. The van der Waals surface area contributed by atoms with Gasteiger partial charge in [-0.2, -0.15) is 0 Å². The molecule has 2 unspecified atom stereocenters. The second-order valence-electron chi connectivity index (χ2n) is 5.27. The van der Waals surface area contributed by atoms with Crippen molar-refractivity contribution in [1.82, 2.24) is 5.32 Å². The van der Waals surface area contributed by atoms with Gasteiger partial charge in [0, 0.05) is 12.6 Å². The molecule has 0 saturated heterocycles. The first kappa shape index (κ1) is 14.8. The average Bonchev–Trinajstić information content (AvgIpc) is 2.81. The van der Waals surface area contributed by atoms with Crippen molar-refractivity contribution in [3.05, 3.63) is 38.9 Å². The minimum Gasteiger partial charge on any atom is -0.352 e. The zero-order valence-electron chi connectivity index (χ0n) is 11.3. The highest BCUT2D eigenvalue weighted by Gasteiger charge is 2.25. The number of carbonyl (C=O) groups is 1. The lowest BCUT2D eigenvalue weighted by atomic mass is 9.98. The Balaban J connectivity index is 2.06. The maximum atomic E-state index is 12.1. The number of hydrogen-bond acceptors (Lipinski definition) is 3. The van der Waals surface area contributed by atoms with Crippen molar-refractivity contribution in [2.24, 2.45) is 11.8 Å². The van der Waals surface area contributed by atoms with E-state index in [0.29, 0.717) is 18.4 Å². The molecule has 0 bridgehead atoms. The Bertz CT molecular complexity index is 533. The number of nitro benzene ring substituents is 1. The van der Waals surface area contributed by atoms with Crippen molar-refractivity contribution in [3.8, 4) is 0 Å². The normalized spacial score (nSPS) is 21.7. The molecule has 0 aromatic heterocycles. The predicted molar refractivity (Wildman–Crippen MR) is 76.9 cm³/mol. The van der Waals surface area contributed by atoms with Gasteiger partial charge in [0.05, 0.1) is 10.5 Å². The monoisotopic (exact) mass is 296 g/mol. The molecule has 2 rings (SSSR count). The molecule has 0 heterocycles. The van der Waals surface area contributed by atoms with Gasteiger partial charge >= 0.3 is 0 Å². The van der Waals surface area contributed by atoms with Crippen molar-refractivity contribution in [2.45, 2.75) is 26.2 Å². The van der Waals surface area contributed by atoms with Gasteiger partial charge in [-0.15, -0.1) is 0 Å². The van der Waals surface area contributed by atoms with Crippen molar-refractivity contribution in [3.63, 3.8) is 0 Å². The highest BCUT2D eigenvalue weighted by Crippen LogP contribution is 2.31. The molecule has 1 aromatic carbocycles. The summed E-state index contributed by atoms with van der Waals surface area (Å²) < 4.78 is 0. The van der Waals surface area contributed by atoms with Crippen LogP contribution in [0.3, 0.4) is 0 Å². The van der Waals surface area contributed by atoms with Crippen molar-refractivity contribution in [1.29, 1.82) is 0 Å². The van der Waals surface area contributed by atoms with E-state index >= 15 is 0 Å². The molecule has 5 nitrogen and oxygen atoms in total. The average molecular weight is 297 g/mol. The summed E-state index contributed by atoms with van der Waals surface area (Å²) in [7, 11) is 0. The largest absolute Gasteiger partial charge is 0.352 e. The molecular formula is C14H17ClN2O3. The Morgan fingerprint density at radius 2 is 2.25 bits per heavy atom. The number of halogens is 1. The van der Waals surface area contributed by atoms with Crippen molar-refractivity contribution in [2.75, 3.05) is 6.54 Å². The lowest BCUT2D eigenvalue weighted by Crippen LogP contribution is -2.30. The summed E-state index contributed by atoms with van der Waals surface area (Å²) in [5.41, 5.74) is -0.0833. The molecule has 2 atom stereocenters. The summed E-state index contributed by atoms with van der Waals surface area (Å²) >= 11 is 5.92. The summed E-state index contributed by atoms with van der Waals surface area (Å²) in [5, 5.41) is 13.5. The van der Waals surface area contributed by atoms with Crippen LogP contribution in [0.4, 0.5) is 5.69 Å². The van der Waals surface area contributed by atoms with Crippen molar-refractivity contribution < 1.29 is 9.72 Å². The first-order valence-corrected chi connectivity index (χ1v) is 7.09. The van der Waals surface area contributed by atoms with Crippen LogP contribution in [0.2, 0.25) is 5.02 Å². The molecule has 1 saturated carbocycles. The third kappa shape index (κ3) is 3.10. The van der Waals surface area contributed by atoms with Crippen LogP contribution in [-0.2, 0) is 0 Å². The zero-order valence-corrected chi connectivity index (χ0v) is 12.0. The number of carbonyl (C=O) groups excluding carboxylic acids is 1. The Hall–Kier alpha value is -1.62. The summed E-state index contributed by atoms with van der Waals surface area (Å²) in [6.45, 7) is 2.78. The fourth-order valence-corrected chi connectivity index (χ4v) is 2.96. The van der Waals surface area contributed by atoms with E-state index in [4.69, 9.17) is 11.6 Å². The number of amides is 1. The first-order valence-electron chi connectivity index (χ1n) is 6.71. The Morgan fingerprint density at radius 1 is 1.50 bits per heavy atom. The van der Waals surface area contributed by atoms with Gasteiger partial charge in [0.15, 0.2) is 0 Å². The van der Waals surface area contributed by atoms with E-state index in [0.717, 1.165) is 6.42 Å². The number of hydrogen-bond donors (Lipinski definition) is 1. The van der Waals surface area contributed by atoms with Crippen LogP contribution < -0.4 is 5.32 Å². The first-order chi connectivity index (χ1) is 9.50. The fourth-order valence-electron chi connectivity index (χ4n) is 2.68. The number of nitro groups is 1. The highest BCUT2D eigenvalue weighted by molar-refractivity contribution is 6.35. The van der Waals surface area contributed by atoms with E-state index in [-0.39, 0.29) is 22.2 Å². The molecule has 108 valence electrons. The minimum absolute atomic E-state index is 0.102. The summed E-state index contributed by atoms with van der Waals surface area (Å²) in [6.07, 6.45) is 3.50. The van der Waals surface area contributed by atoms with Gasteiger partial charge in [-0.25, -0.2) is 0 Å². The van der Waals surface area contributed by atoms with Crippen LogP contribution in [0.5, 0.6) is 0 Å². The molecule has 0 spiro atoms. The van der Waals surface area contributed by atoms with Gasteiger partial charge in [-0.05, 0) is 24.3 Å². The molecular weight excluding hydrogens is 280 g/mol. The Morgan fingerprint density at radius 3 is 2.85 bits per heavy atom. The maximum Gasteiger partial charge on any atom is 0.288 e. The van der Waals surface area contributed by atoms with Gasteiger partial charge in [0.2, 0.25) is 0 Å². The molecule has 0 aliphatic heterocycles. The van der Waals surface area contributed by atoms with Gasteiger partial charge in [0.1, 0.15) is 5.02 Å². The van der Waals surface area contributed by atoms with Gasteiger partial charge < -0.3 is 5.32 Å². The lowest BCUT2D eigenvalue weighted by Gasteiger charge is -2.16. The van der Waals surface area contributed by atoms with Crippen LogP contribution in [0.25, 0.3) is 0 Å². The van der Waals surface area contributed by atoms with Crippen molar-refractivity contribution >= 4 is 23.2 Å². The van der Waals surface area contributed by atoms with Gasteiger partial charge in [-0.1, -0.05) is 37.4 Å². The molecule has 1 aromatic rings. The van der Waals surface area contributed by atoms with E-state index in [2.05, 4.69) is 12.2 Å². The van der Waals surface area contributed by atoms with E-state index in [1.54, 1.807) is 0 Å². The molecule has 0 radical (unpaired) electrons. The van der Waals surface area contributed by atoms with E-state index < -0.39 is 4.92 Å². The number of nitrogens with zero attached hydrogens (tertiary/aromatic N) is 1. The number of benzene rings is 1. The molecule has 1 fully saturated rings. The minimum atomic E-state index is -0.585. The van der Waals surface area contributed by atoms with Gasteiger partial charge in [0.25, 0.3) is 11.6 Å². The zero-order chi connectivity index (χ0) is 14.7. The standard InChI is InChI=1S/C14H17ClN2O3/c1-9-4-2-5-10(9)8-16-14(18)11-6-3-7-12(13(11)15)17(19)20/h3,6-7,9-10H,2,4-5,8H2,1H3,(H,16,18). The molecule has 1 aliphatic rings. The Labute approximate surface area is 122 Å². The topological polar surface area (TPSA) is 72.2 Å². The maximum absolute atomic E-state index is 12.1. The third-order valence-electron chi connectivity index (χ3n) is 3.98. The van der Waals surface area contributed by atoms with E-state index in [1.807, 2.05) is 0 Å².